The predicted octanol–water partition coefficient (Wildman–Crippen LogP) is 4.71. The van der Waals surface area contributed by atoms with Crippen molar-refractivity contribution in [1.82, 2.24) is 4.98 Å². The molecule has 1 saturated heterocycles. The van der Waals surface area contributed by atoms with Crippen LogP contribution in [0.4, 0.5) is 20.9 Å². The second-order valence-electron chi connectivity index (χ2n) is 7.04. The first-order valence-electron chi connectivity index (χ1n) is 9.52. The van der Waals surface area contributed by atoms with E-state index in [-0.39, 0.29) is 28.3 Å². The highest BCUT2D eigenvalue weighted by molar-refractivity contribution is 7.14. The molecular weight excluding hydrogens is 407 g/mol. The Balaban J connectivity index is 1.36. The summed E-state index contributed by atoms with van der Waals surface area (Å²) in [6.45, 7) is 1.14. The Hall–Kier alpha value is -3.33. The molecular formula is C21H19FN4O3S. The molecule has 0 bridgehead atoms. The first-order valence-corrected chi connectivity index (χ1v) is 10.4. The highest BCUT2D eigenvalue weighted by Gasteiger charge is 2.28. The Kier molecular flexibility index (Phi) is 5.71. The Morgan fingerprint density at radius 2 is 1.87 bits per heavy atom. The molecule has 30 heavy (non-hydrogen) atoms. The number of piperidine rings is 1. The molecule has 0 atom stereocenters. The summed E-state index contributed by atoms with van der Waals surface area (Å²) >= 11 is 1.32. The standard InChI is InChI=1S/C21H19FN4O3S/c22-16-7-5-14(6-8-16)17-13-30-21(23-17)24-20(27)15-9-11-25(12-10-15)18-3-1-2-4-19(18)26(28)29/h1-8,13,15H,9-12H2,(H,23,24,27). The molecule has 1 aliphatic heterocycles. The number of halogens is 1. The van der Waals surface area contributed by atoms with Crippen LogP contribution in [0.15, 0.2) is 53.9 Å². The fourth-order valence-electron chi connectivity index (χ4n) is 3.56. The fourth-order valence-corrected chi connectivity index (χ4v) is 4.28. The molecule has 1 fully saturated rings. The van der Waals surface area contributed by atoms with Crippen molar-refractivity contribution in [3.63, 3.8) is 0 Å². The zero-order chi connectivity index (χ0) is 21.1. The molecule has 4 rings (SSSR count). The van der Waals surface area contributed by atoms with Crippen molar-refractivity contribution in [2.75, 3.05) is 23.3 Å². The van der Waals surface area contributed by atoms with Crippen molar-refractivity contribution in [3.05, 3.63) is 69.8 Å². The van der Waals surface area contributed by atoms with E-state index >= 15 is 0 Å². The predicted molar refractivity (Wildman–Crippen MR) is 114 cm³/mol. The number of nitro benzene ring substituents is 1. The topological polar surface area (TPSA) is 88.4 Å². The molecule has 2 heterocycles. The van der Waals surface area contributed by atoms with Gasteiger partial charge in [0.25, 0.3) is 5.69 Å². The molecule has 1 amide bonds. The lowest BCUT2D eigenvalue weighted by molar-refractivity contribution is -0.384. The van der Waals surface area contributed by atoms with E-state index < -0.39 is 0 Å². The Labute approximate surface area is 176 Å². The minimum absolute atomic E-state index is 0.0801. The Bertz CT molecular complexity index is 1060. The molecule has 2 aromatic carbocycles. The van der Waals surface area contributed by atoms with Crippen LogP contribution in [0.2, 0.25) is 0 Å². The molecule has 1 aromatic heterocycles. The smallest absolute Gasteiger partial charge is 0.292 e. The summed E-state index contributed by atoms with van der Waals surface area (Å²) in [5.74, 6) is -0.589. The Morgan fingerprint density at radius 1 is 1.17 bits per heavy atom. The van der Waals surface area contributed by atoms with Gasteiger partial charge in [-0.25, -0.2) is 9.37 Å². The van der Waals surface area contributed by atoms with Crippen LogP contribution in [0.5, 0.6) is 0 Å². The van der Waals surface area contributed by atoms with Crippen molar-refractivity contribution in [3.8, 4) is 11.3 Å². The number of hydrogen-bond donors (Lipinski definition) is 1. The molecule has 1 N–H and O–H groups in total. The monoisotopic (exact) mass is 426 g/mol. The van der Waals surface area contributed by atoms with Crippen LogP contribution < -0.4 is 10.2 Å². The number of nitrogens with zero attached hydrogens (tertiary/aromatic N) is 3. The Morgan fingerprint density at radius 3 is 2.57 bits per heavy atom. The van der Waals surface area contributed by atoms with E-state index in [0.717, 1.165) is 5.56 Å². The number of carbonyl (C=O) groups is 1. The number of thiazole rings is 1. The minimum Gasteiger partial charge on any atom is -0.366 e. The van der Waals surface area contributed by atoms with Crippen molar-refractivity contribution < 1.29 is 14.1 Å². The quantitative estimate of drug-likeness (QED) is 0.471. The van der Waals surface area contributed by atoms with Gasteiger partial charge in [0, 0.05) is 36.0 Å². The number of carbonyl (C=O) groups excluding carboxylic acids is 1. The molecule has 0 unspecified atom stereocenters. The maximum absolute atomic E-state index is 13.1. The number of hydrogen-bond acceptors (Lipinski definition) is 6. The van der Waals surface area contributed by atoms with E-state index in [2.05, 4.69) is 10.3 Å². The number of aromatic nitrogens is 1. The van der Waals surface area contributed by atoms with E-state index in [0.29, 0.717) is 42.4 Å². The molecule has 0 radical (unpaired) electrons. The van der Waals surface area contributed by atoms with Crippen molar-refractivity contribution in [2.45, 2.75) is 12.8 Å². The lowest BCUT2D eigenvalue weighted by Crippen LogP contribution is -2.38. The van der Waals surface area contributed by atoms with Crippen LogP contribution in [0.25, 0.3) is 11.3 Å². The summed E-state index contributed by atoms with van der Waals surface area (Å²) in [7, 11) is 0. The van der Waals surface area contributed by atoms with Crippen molar-refractivity contribution in [1.29, 1.82) is 0 Å². The summed E-state index contributed by atoms with van der Waals surface area (Å²) in [6, 6.07) is 12.7. The van der Waals surface area contributed by atoms with Gasteiger partial charge in [0.05, 0.1) is 10.6 Å². The van der Waals surface area contributed by atoms with Crippen LogP contribution >= 0.6 is 11.3 Å². The van der Waals surface area contributed by atoms with E-state index in [1.54, 1.807) is 30.3 Å². The SMILES string of the molecule is O=C(Nc1nc(-c2ccc(F)cc2)cs1)C1CCN(c2ccccc2[N+](=O)[O-])CC1. The van der Waals surface area contributed by atoms with Gasteiger partial charge < -0.3 is 10.2 Å². The summed E-state index contributed by atoms with van der Waals surface area (Å²) < 4.78 is 13.1. The number of nitro groups is 1. The maximum atomic E-state index is 13.1. The van der Waals surface area contributed by atoms with Gasteiger partial charge in [-0.05, 0) is 43.2 Å². The minimum atomic E-state index is -0.380. The number of rotatable bonds is 5. The zero-order valence-electron chi connectivity index (χ0n) is 16.0. The van der Waals surface area contributed by atoms with Gasteiger partial charge in [-0.2, -0.15) is 0 Å². The molecule has 154 valence electrons. The maximum Gasteiger partial charge on any atom is 0.292 e. The third-order valence-corrected chi connectivity index (χ3v) is 5.92. The lowest BCUT2D eigenvalue weighted by atomic mass is 9.95. The van der Waals surface area contributed by atoms with Crippen LogP contribution in [-0.4, -0.2) is 28.9 Å². The molecule has 1 aliphatic rings. The average Bonchev–Trinajstić information content (AvgIpc) is 3.22. The normalized spacial score (nSPS) is 14.5. The molecule has 9 heteroatoms. The summed E-state index contributed by atoms with van der Waals surface area (Å²) in [4.78, 5) is 29.9. The van der Waals surface area contributed by atoms with E-state index in [1.165, 1.54) is 29.5 Å². The summed E-state index contributed by atoms with van der Waals surface area (Å²) in [5.41, 5.74) is 2.13. The number of para-hydroxylation sites is 2. The number of anilines is 2. The third kappa shape index (κ3) is 4.30. The van der Waals surface area contributed by atoms with Gasteiger partial charge in [0.15, 0.2) is 5.13 Å². The molecule has 7 nitrogen and oxygen atoms in total. The first kappa shape index (κ1) is 20.0. The highest BCUT2D eigenvalue weighted by Crippen LogP contribution is 2.32. The number of benzene rings is 2. The van der Waals surface area contributed by atoms with Gasteiger partial charge in [-0.3, -0.25) is 14.9 Å². The molecule has 0 aliphatic carbocycles. The second-order valence-corrected chi connectivity index (χ2v) is 7.90. The van der Waals surface area contributed by atoms with Crippen molar-refractivity contribution >= 4 is 33.8 Å². The van der Waals surface area contributed by atoms with E-state index in [1.807, 2.05) is 10.3 Å². The number of nitrogens with one attached hydrogen (secondary N) is 1. The summed E-state index contributed by atoms with van der Waals surface area (Å²) in [6.07, 6.45) is 1.21. The van der Waals surface area contributed by atoms with Gasteiger partial charge in [0.2, 0.25) is 5.91 Å². The van der Waals surface area contributed by atoms with Gasteiger partial charge >= 0.3 is 0 Å². The van der Waals surface area contributed by atoms with Crippen LogP contribution in [0.1, 0.15) is 12.8 Å². The van der Waals surface area contributed by atoms with Gasteiger partial charge in [0.1, 0.15) is 11.5 Å². The third-order valence-electron chi connectivity index (χ3n) is 5.16. The summed E-state index contributed by atoms with van der Waals surface area (Å²) in [5, 5.41) is 16.4. The highest BCUT2D eigenvalue weighted by atomic mass is 32.1. The second kappa shape index (κ2) is 8.58. The lowest BCUT2D eigenvalue weighted by Gasteiger charge is -2.32. The largest absolute Gasteiger partial charge is 0.366 e. The van der Waals surface area contributed by atoms with Crippen LogP contribution in [-0.2, 0) is 4.79 Å². The van der Waals surface area contributed by atoms with Crippen LogP contribution in [0, 0.1) is 21.8 Å². The number of amides is 1. The van der Waals surface area contributed by atoms with Crippen LogP contribution in [0.3, 0.4) is 0 Å². The zero-order valence-corrected chi connectivity index (χ0v) is 16.8. The molecule has 3 aromatic rings. The first-order chi connectivity index (χ1) is 14.5. The molecule has 0 spiro atoms. The van der Waals surface area contributed by atoms with Gasteiger partial charge in [-0.1, -0.05) is 12.1 Å². The van der Waals surface area contributed by atoms with E-state index in [9.17, 15) is 19.3 Å². The van der Waals surface area contributed by atoms with Crippen molar-refractivity contribution in [2.24, 2.45) is 5.92 Å². The fraction of sp³-hybridized carbons (Fsp3) is 0.238. The van der Waals surface area contributed by atoms with Gasteiger partial charge in [-0.15, -0.1) is 11.3 Å². The molecule has 0 saturated carbocycles. The average molecular weight is 426 g/mol. The van der Waals surface area contributed by atoms with E-state index in [4.69, 9.17) is 0 Å².